The third-order valence-corrected chi connectivity index (χ3v) is 12.2. The minimum Gasteiger partial charge on any atom is -0.454 e. The third kappa shape index (κ3) is 33.4. The van der Waals surface area contributed by atoms with Gasteiger partial charge in [0.1, 0.15) is 24.4 Å². The van der Waals surface area contributed by atoms with Gasteiger partial charge < -0.3 is 45.1 Å². The molecule has 0 saturated carbocycles. The third-order valence-electron chi connectivity index (χ3n) is 12.2. The van der Waals surface area contributed by atoms with Crippen LogP contribution in [0, 0.1) is 0 Å². The minimum atomic E-state index is -1.64. The number of ether oxygens (including phenoxy) is 3. The van der Waals surface area contributed by atoms with Crippen LogP contribution in [-0.2, 0) is 23.8 Å². The maximum absolute atomic E-state index is 13.3. The summed E-state index contributed by atoms with van der Waals surface area (Å²) >= 11 is 0. The van der Waals surface area contributed by atoms with Crippen molar-refractivity contribution in [3.8, 4) is 0 Å². The van der Waals surface area contributed by atoms with E-state index in [1.54, 1.807) is 6.08 Å². The van der Waals surface area contributed by atoms with Gasteiger partial charge in [-0.2, -0.15) is 0 Å². The molecule has 1 heterocycles. The molecule has 0 aliphatic carbocycles. The second-order valence-corrected chi connectivity index (χ2v) is 18.3. The molecule has 1 amide bonds. The fourth-order valence-corrected chi connectivity index (χ4v) is 7.84. The largest absolute Gasteiger partial charge is 0.454 e. The zero-order chi connectivity index (χ0) is 49.7. The van der Waals surface area contributed by atoms with Crippen LogP contribution in [-0.4, -0.2) is 99.6 Å². The lowest BCUT2D eigenvalue weighted by Gasteiger charge is -2.41. The second kappa shape index (κ2) is 45.0. The first-order valence-electron chi connectivity index (χ1n) is 26.9. The molecule has 1 saturated heterocycles. The van der Waals surface area contributed by atoms with E-state index in [4.69, 9.17) is 14.2 Å². The average Bonchev–Trinajstić information content (AvgIpc) is 3.33. The van der Waals surface area contributed by atoms with E-state index in [1.165, 1.54) is 83.5 Å². The topological polar surface area (TPSA) is 175 Å². The molecule has 0 aromatic heterocycles. The molecule has 1 aliphatic heterocycles. The fraction of sp³-hybridized carbons (Fsp3) is 0.719. The smallest absolute Gasteiger partial charge is 0.306 e. The Morgan fingerprint density at radius 2 is 1.07 bits per heavy atom. The standard InChI is InChI=1S/C57H97NO10/c1-4-7-10-13-16-19-22-25-26-27-30-33-36-39-42-45-52(62)68-55-54(64)53(63)51(46-59)67-57(55)66-47-48(49(60)43-40-37-34-31-28-23-20-17-14-11-8-5-2)58-56(65)50(61)44-41-38-35-32-29-24-21-18-15-12-9-6-3/h7,10,13,16,19,22,25-27,29-30,32,40,43,48-51,53-55,57,59-61,63-64H,4-6,8-9,11-12,14-15,17-18,20-21,23-24,28,31,33-39,41-42,44-47H2,1-3H3,(H,58,65)/b10-7+,16-13+,22-19-,26-25-,30-27+,32-29-,43-40+. The maximum Gasteiger partial charge on any atom is 0.306 e. The Hall–Kier alpha value is -3.16. The first-order valence-corrected chi connectivity index (χ1v) is 26.9. The van der Waals surface area contributed by atoms with Crippen molar-refractivity contribution in [1.82, 2.24) is 5.32 Å². The molecule has 68 heavy (non-hydrogen) atoms. The Balaban J connectivity index is 2.82. The number of esters is 1. The van der Waals surface area contributed by atoms with Gasteiger partial charge in [0.2, 0.25) is 5.91 Å². The summed E-state index contributed by atoms with van der Waals surface area (Å²) in [4.78, 5) is 26.3. The highest BCUT2D eigenvalue weighted by Crippen LogP contribution is 2.26. The van der Waals surface area contributed by atoms with Gasteiger partial charge in [0, 0.05) is 6.42 Å². The Bertz CT molecular complexity index is 1420. The number of nitrogens with one attached hydrogen (secondary N) is 1. The normalized spacial score (nSPS) is 20.6. The molecule has 6 N–H and O–H groups in total. The number of unbranched alkanes of at least 4 members (excludes halogenated alkanes) is 21. The van der Waals surface area contributed by atoms with Crippen molar-refractivity contribution in [3.05, 3.63) is 85.1 Å². The number of allylic oxidation sites excluding steroid dienone is 13. The van der Waals surface area contributed by atoms with Crippen LogP contribution in [0.5, 0.6) is 0 Å². The van der Waals surface area contributed by atoms with Gasteiger partial charge in [-0.1, -0.05) is 209 Å². The van der Waals surface area contributed by atoms with Crippen molar-refractivity contribution in [2.75, 3.05) is 13.2 Å². The van der Waals surface area contributed by atoms with Crippen molar-refractivity contribution in [1.29, 1.82) is 0 Å². The molecule has 11 heteroatoms. The summed E-state index contributed by atoms with van der Waals surface area (Å²) in [6, 6.07) is -1.04. The van der Waals surface area contributed by atoms with E-state index in [0.29, 0.717) is 12.8 Å². The molecule has 0 aromatic rings. The summed E-state index contributed by atoms with van der Waals surface area (Å²) in [6.07, 6.45) is 46.3. The number of amides is 1. The minimum absolute atomic E-state index is 0.0689. The molecule has 1 aliphatic rings. The van der Waals surface area contributed by atoms with Crippen molar-refractivity contribution in [2.45, 2.75) is 250 Å². The molecule has 1 fully saturated rings. The van der Waals surface area contributed by atoms with E-state index >= 15 is 0 Å². The summed E-state index contributed by atoms with van der Waals surface area (Å²) in [5, 5.41) is 56.6. The Morgan fingerprint density at radius 1 is 0.588 bits per heavy atom. The number of hydrogen-bond donors (Lipinski definition) is 6. The molecule has 8 unspecified atom stereocenters. The van der Waals surface area contributed by atoms with Crippen LogP contribution in [0.2, 0.25) is 0 Å². The first kappa shape index (κ1) is 62.9. The van der Waals surface area contributed by atoms with Gasteiger partial charge in [-0.25, -0.2) is 0 Å². The highest BCUT2D eigenvalue weighted by Gasteiger charge is 2.47. The van der Waals surface area contributed by atoms with E-state index < -0.39 is 67.4 Å². The van der Waals surface area contributed by atoms with Gasteiger partial charge in [0.05, 0.1) is 25.4 Å². The molecular weight excluding hydrogens is 859 g/mol. The number of carbonyl (C=O) groups excluding carboxylic acids is 2. The van der Waals surface area contributed by atoms with Gasteiger partial charge >= 0.3 is 5.97 Å². The Labute approximate surface area is 413 Å². The molecule has 8 atom stereocenters. The predicted molar refractivity (Wildman–Crippen MR) is 278 cm³/mol. The van der Waals surface area contributed by atoms with E-state index in [0.717, 1.165) is 70.6 Å². The van der Waals surface area contributed by atoms with Crippen molar-refractivity contribution < 1.29 is 49.3 Å². The molecule has 390 valence electrons. The molecule has 0 bridgehead atoms. The lowest BCUT2D eigenvalue weighted by Crippen LogP contribution is -2.61. The predicted octanol–water partition coefficient (Wildman–Crippen LogP) is 11.4. The van der Waals surface area contributed by atoms with E-state index in [2.05, 4.69) is 50.4 Å². The van der Waals surface area contributed by atoms with Crippen LogP contribution >= 0.6 is 0 Å². The highest BCUT2D eigenvalue weighted by atomic mass is 16.7. The summed E-state index contributed by atoms with van der Waals surface area (Å²) in [6.45, 7) is 5.56. The second-order valence-electron chi connectivity index (χ2n) is 18.3. The van der Waals surface area contributed by atoms with Gasteiger partial charge in [-0.05, 0) is 70.6 Å². The van der Waals surface area contributed by atoms with Crippen LogP contribution < -0.4 is 5.32 Å². The summed E-state index contributed by atoms with van der Waals surface area (Å²) < 4.78 is 17.5. The monoisotopic (exact) mass is 956 g/mol. The number of aliphatic hydroxyl groups is 5. The number of carbonyl (C=O) groups is 2. The molecule has 0 aromatic carbocycles. The summed E-state index contributed by atoms with van der Waals surface area (Å²) in [7, 11) is 0. The molecule has 0 radical (unpaired) electrons. The molecule has 1 rings (SSSR count). The number of aliphatic hydroxyl groups excluding tert-OH is 5. The van der Waals surface area contributed by atoms with Gasteiger partial charge in [0.25, 0.3) is 0 Å². The van der Waals surface area contributed by atoms with Gasteiger partial charge in [-0.3, -0.25) is 9.59 Å². The SMILES string of the molecule is CC/C=C/C=C/C=C\C=C/C=C/CCCCCC(=O)OC1C(OCC(NC(=O)C(O)CCCC/C=C\CCCCCCCC)C(O)/C=C/CCCCCCCCCCCC)OC(CO)C(O)C1O. The van der Waals surface area contributed by atoms with Crippen LogP contribution in [0.3, 0.4) is 0 Å². The van der Waals surface area contributed by atoms with Gasteiger partial charge in [-0.15, -0.1) is 0 Å². The van der Waals surface area contributed by atoms with Crippen LogP contribution in [0.1, 0.15) is 201 Å². The Kier molecular flexibility index (Phi) is 41.6. The number of rotatable bonds is 43. The summed E-state index contributed by atoms with van der Waals surface area (Å²) in [5.41, 5.74) is 0. The van der Waals surface area contributed by atoms with Crippen LogP contribution in [0.25, 0.3) is 0 Å². The lowest BCUT2D eigenvalue weighted by molar-refractivity contribution is -0.305. The van der Waals surface area contributed by atoms with E-state index in [9.17, 15) is 35.1 Å². The fourth-order valence-electron chi connectivity index (χ4n) is 7.84. The van der Waals surface area contributed by atoms with Crippen molar-refractivity contribution >= 4 is 11.9 Å². The van der Waals surface area contributed by atoms with Crippen LogP contribution in [0.15, 0.2) is 85.1 Å². The van der Waals surface area contributed by atoms with Gasteiger partial charge in [0.15, 0.2) is 12.4 Å². The maximum atomic E-state index is 13.3. The molecule has 11 nitrogen and oxygen atoms in total. The lowest BCUT2D eigenvalue weighted by atomic mass is 9.99. The first-order chi connectivity index (χ1) is 33.2. The zero-order valence-electron chi connectivity index (χ0n) is 42.7. The number of hydrogen-bond acceptors (Lipinski definition) is 10. The quantitative estimate of drug-likeness (QED) is 0.0149. The highest BCUT2D eigenvalue weighted by molar-refractivity contribution is 5.80. The zero-order valence-corrected chi connectivity index (χ0v) is 42.7. The Morgan fingerprint density at radius 3 is 1.63 bits per heavy atom. The van der Waals surface area contributed by atoms with Crippen LogP contribution in [0.4, 0.5) is 0 Å². The van der Waals surface area contributed by atoms with E-state index in [-0.39, 0.29) is 19.4 Å². The van der Waals surface area contributed by atoms with Crippen molar-refractivity contribution in [3.63, 3.8) is 0 Å². The average molecular weight is 956 g/mol. The summed E-state index contributed by atoms with van der Waals surface area (Å²) in [5.74, 6) is -1.26. The molecular formula is C57H97NO10. The molecule has 0 spiro atoms. The van der Waals surface area contributed by atoms with E-state index in [1.807, 2.05) is 54.7 Å². The van der Waals surface area contributed by atoms with Crippen molar-refractivity contribution in [2.24, 2.45) is 0 Å².